The quantitative estimate of drug-likeness (QED) is 0.283. The largest absolute Gasteiger partial charge is 0.465 e. The number of non-ortho nitro benzene ring substituents is 1. The molecule has 1 heterocycles. The number of hydrogen-bond acceptors (Lipinski definition) is 7. The van der Waals surface area contributed by atoms with Gasteiger partial charge in [-0.1, -0.05) is 45.0 Å². The lowest BCUT2D eigenvalue weighted by Gasteiger charge is -2.20. The number of esters is 1. The monoisotopic (exact) mass is 497 g/mol. The number of hydrogen-bond donors (Lipinski definition) is 1. The summed E-state index contributed by atoms with van der Waals surface area (Å²) >= 11 is 0. The van der Waals surface area contributed by atoms with Crippen LogP contribution < -0.4 is 4.72 Å². The van der Waals surface area contributed by atoms with Gasteiger partial charge in [-0.25, -0.2) is 13.2 Å². The van der Waals surface area contributed by atoms with Gasteiger partial charge in [0.1, 0.15) is 4.90 Å². The van der Waals surface area contributed by atoms with Crippen LogP contribution in [0.3, 0.4) is 0 Å². The zero-order chi connectivity index (χ0) is 26.1. The predicted octanol–water partition coefficient (Wildman–Crippen LogP) is 5.16. The maximum Gasteiger partial charge on any atom is 0.339 e. The Kier molecular flexibility index (Phi) is 6.98. The fraction of sp³-hybridized carbons (Fsp3) is 0.280. The summed E-state index contributed by atoms with van der Waals surface area (Å²) < 4.78 is 34.3. The molecule has 0 spiro atoms. The van der Waals surface area contributed by atoms with Crippen LogP contribution in [0.15, 0.2) is 53.4 Å². The zero-order valence-corrected chi connectivity index (χ0v) is 21.2. The third-order valence-corrected chi connectivity index (χ3v) is 6.94. The molecule has 1 N–H and O–H groups in total. The van der Waals surface area contributed by atoms with Gasteiger partial charge in [0.25, 0.3) is 15.7 Å². The average Bonchev–Trinajstić information content (AvgIpc) is 2.78. The predicted molar refractivity (Wildman–Crippen MR) is 133 cm³/mol. The van der Waals surface area contributed by atoms with Gasteiger partial charge >= 0.3 is 5.97 Å². The van der Waals surface area contributed by atoms with Crippen molar-refractivity contribution in [2.45, 2.75) is 44.9 Å². The highest BCUT2D eigenvalue weighted by Gasteiger charge is 2.26. The van der Waals surface area contributed by atoms with Gasteiger partial charge in [0, 0.05) is 17.7 Å². The SMILES string of the molecule is COC(=O)c1cc(S(=O)(=O)Nc2ccc([N+](=O)[O-])cc2C)c(-c2ccc(C(C)(C)C)cc2)nc1C. The van der Waals surface area contributed by atoms with Gasteiger partial charge in [0.2, 0.25) is 0 Å². The molecule has 0 bridgehead atoms. The Bertz CT molecular complexity index is 1410. The van der Waals surface area contributed by atoms with Crippen LogP contribution in [0.1, 0.15) is 48.0 Å². The molecule has 2 aromatic carbocycles. The lowest BCUT2D eigenvalue weighted by atomic mass is 9.86. The van der Waals surface area contributed by atoms with E-state index in [1.807, 2.05) is 12.1 Å². The van der Waals surface area contributed by atoms with Crippen LogP contribution in [0, 0.1) is 24.0 Å². The van der Waals surface area contributed by atoms with Crippen molar-refractivity contribution in [3.8, 4) is 11.3 Å². The molecule has 0 aliphatic heterocycles. The van der Waals surface area contributed by atoms with E-state index in [1.54, 1.807) is 26.0 Å². The number of sulfonamides is 1. The molecule has 0 aliphatic carbocycles. The van der Waals surface area contributed by atoms with Crippen molar-refractivity contribution in [3.63, 3.8) is 0 Å². The van der Waals surface area contributed by atoms with E-state index in [4.69, 9.17) is 4.74 Å². The average molecular weight is 498 g/mol. The van der Waals surface area contributed by atoms with Crippen LogP contribution in [0.5, 0.6) is 0 Å². The smallest absolute Gasteiger partial charge is 0.339 e. The van der Waals surface area contributed by atoms with Crippen LogP contribution in [0.4, 0.5) is 11.4 Å². The molecular formula is C25H27N3O6S. The van der Waals surface area contributed by atoms with Crippen molar-refractivity contribution in [1.82, 2.24) is 4.98 Å². The normalized spacial score (nSPS) is 11.7. The number of pyridine rings is 1. The maximum absolute atomic E-state index is 13.5. The van der Waals surface area contributed by atoms with Crippen molar-refractivity contribution in [1.29, 1.82) is 0 Å². The first-order valence-electron chi connectivity index (χ1n) is 10.7. The van der Waals surface area contributed by atoms with Crippen molar-refractivity contribution >= 4 is 27.4 Å². The minimum atomic E-state index is -4.26. The van der Waals surface area contributed by atoms with Crippen molar-refractivity contribution < 1.29 is 22.9 Å². The Morgan fingerprint density at radius 3 is 2.20 bits per heavy atom. The first kappa shape index (κ1) is 25.8. The number of methoxy groups -OCH3 is 1. The third-order valence-electron chi connectivity index (χ3n) is 5.56. The second-order valence-electron chi connectivity index (χ2n) is 9.15. The summed E-state index contributed by atoms with van der Waals surface area (Å²) in [5.74, 6) is -0.715. The Hall–Kier alpha value is -3.79. The summed E-state index contributed by atoms with van der Waals surface area (Å²) in [4.78, 5) is 27.0. The molecule has 0 atom stereocenters. The molecule has 0 unspecified atom stereocenters. The number of carbonyl (C=O) groups is 1. The van der Waals surface area contributed by atoms with Crippen LogP contribution in [0.25, 0.3) is 11.3 Å². The van der Waals surface area contributed by atoms with E-state index in [2.05, 4.69) is 30.5 Å². The summed E-state index contributed by atoms with van der Waals surface area (Å²) in [6.45, 7) is 9.37. The number of nitrogens with one attached hydrogen (secondary N) is 1. The standard InChI is InChI=1S/C25H27N3O6S/c1-15-13-19(28(30)31)11-12-21(15)27-35(32,33)22-14-20(24(29)34-6)16(2)26-23(22)17-7-9-18(10-8-17)25(3,4)5/h7-14,27H,1-6H3. The van der Waals surface area contributed by atoms with Crippen molar-refractivity contribution in [2.75, 3.05) is 11.8 Å². The fourth-order valence-corrected chi connectivity index (χ4v) is 4.84. The van der Waals surface area contributed by atoms with Gasteiger partial charge in [-0.05, 0) is 42.5 Å². The first-order valence-corrected chi connectivity index (χ1v) is 12.2. The summed E-state index contributed by atoms with van der Waals surface area (Å²) in [6.07, 6.45) is 0. The van der Waals surface area contributed by atoms with E-state index in [0.29, 0.717) is 16.8 Å². The van der Waals surface area contributed by atoms with E-state index in [0.717, 1.165) is 5.56 Å². The lowest BCUT2D eigenvalue weighted by molar-refractivity contribution is -0.384. The number of carbonyl (C=O) groups excluding carboxylic acids is 1. The number of nitro groups is 1. The number of rotatable bonds is 6. The van der Waals surface area contributed by atoms with Crippen LogP contribution in [-0.2, 0) is 20.2 Å². The zero-order valence-electron chi connectivity index (χ0n) is 20.4. The van der Waals surface area contributed by atoms with Gasteiger partial charge in [-0.3, -0.25) is 19.8 Å². The van der Waals surface area contributed by atoms with Gasteiger partial charge in [-0.15, -0.1) is 0 Å². The molecule has 3 aromatic rings. The number of aromatic nitrogens is 1. The molecule has 0 amide bonds. The highest BCUT2D eigenvalue weighted by molar-refractivity contribution is 7.92. The second-order valence-corrected chi connectivity index (χ2v) is 10.8. The number of nitro benzene ring substituents is 1. The first-order chi connectivity index (χ1) is 16.2. The van der Waals surface area contributed by atoms with E-state index in [1.165, 1.54) is 31.4 Å². The highest BCUT2D eigenvalue weighted by Crippen LogP contribution is 2.32. The Labute approximate surface area is 204 Å². The van der Waals surface area contributed by atoms with Crippen LogP contribution in [-0.4, -0.2) is 31.4 Å². The molecule has 1 aromatic heterocycles. The van der Waals surface area contributed by atoms with E-state index in [-0.39, 0.29) is 32.9 Å². The van der Waals surface area contributed by atoms with Gasteiger partial charge < -0.3 is 4.74 Å². The summed E-state index contributed by atoms with van der Waals surface area (Å²) in [5.41, 5.74) is 2.40. The third kappa shape index (κ3) is 5.48. The minimum Gasteiger partial charge on any atom is -0.465 e. The maximum atomic E-state index is 13.5. The summed E-state index contributed by atoms with van der Waals surface area (Å²) in [5, 5.41) is 11.0. The summed E-state index contributed by atoms with van der Waals surface area (Å²) in [6, 6.07) is 12.4. The van der Waals surface area contributed by atoms with Crippen molar-refractivity contribution in [3.05, 3.63) is 81.0 Å². The van der Waals surface area contributed by atoms with Crippen molar-refractivity contribution in [2.24, 2.45) is 0 Å². The highest BCUT2D eigenvalue weighted by atomic mass is 32.2. The topological polar surface area (TPSA) is 128 Å². The second kappa shape index (κ2) is 9.46. The molecular weight excluding hydrogens is 470 g/mol. The number of nitrogens with zero attached hydrogens (tertiary/aromatic N) is 2. The lowest BCUT2D eigenvalue weighted by Crippen LogP contribution is -2.18. The number of benzene rings is 2. The van der Waals surface area contributed by atoms with Crippen LogP contribution >= 0.6 is 0 Å². The van der Waals surface area contributed by atoms with Gasteiger partial charge in [-0.2, -0.15) is 0 Å². The molecule has 0 saturated carbocycles. The molecule has 184 valence electrons. The Balaban J connectivity index is 2.18. The molecule has 0 aliphatic rings. The molecule has 35 heavy (non-hydrogen) atoms. The molecule has 0 fully saturated rings. The number of ether oxygens (including phenoxy) is 1. The molecule has 0 saturated heterocycles. The van der Waals surface area contributed by atoms with Crippen LogP contribution in [0.2, 0.25) is 0 Å². The Morgan fingerprint density at radius 1 is 1.06 bits per heavy atom. The molecule has 0 radical (unpaired) electrons. The minimum absolute atomic E-state index is 0.0170. The molecule has 9 nitrogen and oxygen atoms in total. The van der Waals surface area contributed by atoms with E-state index in [9.17, 15) is 23.3 Å². The Morgan fingerprint density at radius 2 is 1.69 bits per heavy atom. The molecule has 10 heteroatoms. The number of anilines is 1. The summed E-state index contributed by atoms with van der Waals surface area (Å²) in [7, 11) is -3.06. The van der Waals surface area contributed by atoms with Gasteiger partial charge in [0.05, 0.1) is 34.7 Å². The van der Waals surface area contributed by atoms with E-state index >= 15 is 0 Å². The fourth-order valence-electron chi connectivity index (χ4n) is 3.52. The molecule has 3 rings (SSSR count). The van der Waals surface area contributed by atoms with Gasteiger partial charge in [0.15, 0.2) is 0 Å². The number of aryl methyl sites for hydroxylation is 2. The van der Waals surface area contributed by atoms with E-state index < -0.39 is 20.9 Å².